The molecule has 21 heavy (non-hydrogen) atoms. The van der Waals surface area contributed by atoms with Gasteiger partial charge < -0.3 is 9.80 Å². The molecule has 6 nitrogen and oxygen atoms in total. The van der Waals surface area contributed by atoms with Gasteiger partial charge in [-0.15, -0.1) is 0 Å². The van der Waals surface area contributed by atoms with Crippen LogP contribution in [0.4, 0.5) is 0 Å². The first-order valence-corrected chi connectivity index (χ1v) is 7.57. The highest BCUT2D eigenvalue weighted by Gasteiger charge is 2.29. The summed E-state index contributed by atoms with van der Waals surface area (Å²) in [5, 5.41) is 0. The van der Waals surface area contributed by atoms with E-state index in [9.17, 15) is 9.59 Å². The molecule has 2 amide bonds. The van der Waals surface area contributed by atoms with Gasteiger partial charge in [-0.3, -0.25) is 14.6 Å². The van der Waals surface area contributed by atoms with Gasteiger partial charge in [0.2, 0.25) is 5.91 Å². The predicted octanol–water partition coefficient (Wildman–Crippen LogP) is 0.951. The molecule has 1 aromatic heterocycles. The van der Waals surface area contributed by atoms with E-state index >= 15 is 0 Å². The number of amides is 2. The normalized spacial score (nSPS) is 22.7. The Morgan fingerprint density at radius 2 is 2.19 bits per heavy atom. The summed E-state index contributed by atoms with van der Waals surface area (Å²) < 4.78 is 0. The number of hydrogen-bond donors (Lipinski definition) is 0. The van der Waals surface area contributed by atoms with Gasteiger partial charge in [-0.1, -0.05) is 0 Å². The van der Waals surface area contributed by atoms with Crippen LogP contribution in [0.1, 0.15) is 36.2 Å². The number of likely N-dealkylation sites (tertiary alicyclic amines) is 2. The quantitative estimate of drug-likeness (QED) is 0.830. The number of rotatable bonds is 3. The fraction of sp³-hybridized carbons (Fsp3) is 0.600. The maximum Gasteiger partial charge on any atom is 0.274 e. The minimum atomic E-state index is -0.0550. The fourth-order valence-corrected chi connectivity index (χ4v) is 3.18. The second-order valence-electron chi connectivity index (χ2n) is 5.79. The molecule has 0 unspecified atom stereocenters. The third kappa shape index (κ3) is 3.20. The van der Waals surface area contributed by atoms with E-state index in [1.165, 1.54) is 12.4 Å². The maximum atomic E-state index is 12.4. The smallest absolute Gasteiger partial charge is 0.274 e. The average Bonchev–Trinajstić information content (AvgIpc) is 2.93. The molecule has 112 valence electrons. The summed E-state index contributed by atoms with van der Waals surface area (Å²) >= 11 is 0. The highest BCUT2D eigenvalue weighted by atomic mass is 16.2. The van der Waals surface area contributed by atoms with Gasteiger partial charge >= 0.3 is 0 Å². The predicted molar refractivity (Wildman–Crippen MR) is 76.5 cm³/mol. The molecule has 6 heteroatoms. The van der Waals surface area contributed by atoms with E-state index in [0.717, 1.165) is 38.9 Å². The molecule has 1 aromatic rings. The zero-order valence-corrected chi connectivity index (χ0v) is 12.1. The summed E-state index contributed by atoms with van der Waals surface area (Å²) in [6.07, 6.45) is 8.32. The third-order valence-corrected chi connectivity index (χ3v) is 4.24. The zero-order chi connectivity index (χ0) is 14.7. The van der Waals surface area contributed by atoms with Crippen LogP contribution < -0.4 is 0 Å². The number of nitrogens with zero attached hydrogens (tertiary/aromatic N) is 4. The molecule has 0 bridgehead atoms. The van der Waals surface area contributed by atoms with Gasteiger partial charge in [0.25, 0.3) is 5.91 Å². The summed E-state index contributed by atoms with van der Waals surface area (Å²) in [6, 6.07) is 0. The Bertz CT molecular complexity index is 520. The molecule has 2 saturated heterocycles. The van der Waals surface area contributed by atoms with E-state index in [1.54, 1.807) is 6.20 Å². The Hall–Kier alpha value is -1.98. The summed E-state index contributed by atoms with van der Waals surface area (Å²) in [5.74, 6) is 0.578. The van der Waals surface area contributed by atoms with Gasteiger partial charge in [0.15, 0.2) is 0 Å². The van der Waals surface area contributed by atoms with Crippen LogP contribution in [-0.2, 0) is 4.79 Å². The van der Waals surface area contributed by atoms with E-state index in [2.05, 4.69) is 9.97 Å². The molecule has 3 heterocycles. The Kier molecular flexibility index (Phi) is 4.13. The number of piperidine rings is 1. The van der Waals surface area contributed by atoms with Crippen molar-refractivity contribution in [2.24, 2.45) is 5.92 Å². The molecule has 2 aliphatic heterocycles. The topological polar surface area (TPSA) is 66.4 Å². The minimum Gasteiger partial charge on any atom is -0.342 e. The van der Waals surface area contributed by atoms with Crippen molar-refractivity contribution in [3.63, 3.8) is 0 Å². The molecule has 0 aromatic carbocycles. The first kappa shape index (κ1) is 14.0. The van der Waals surface area contributed by atoms with Crippen molar-refractivity contribution in [1.82, 2.24) is 19.8 Å². The number of carbonyl (C=O) groups excluding carboxylic acids is 2. The van der Waals surface area contributed by atoms with Gasteiger partial charge in [0.1, 0.15) is 5.69 Å². The molecule has 0 saturated carbocycles. The number of carbonyl (C=O) groups is 2. The van der Waals surface area contributed by atoms with E-state index in [4.69, 9.17) is 0 Å². The highest BCUT2D eigenvalue weighted by molar-refractivity contribution is 5.92. The van der Waals surface area contributed by atoms with Crippen molar-refractivity contribution < 1.29 is 9.59 Å². The molecule has 0 radical (unpaired) electrons. The molecular weight excluding hydrogens is 268 g/mol. The van der Waals surface area contributed by atoms with Crippen molar-refractivity contribution in [3.8, 4) is 0 Å². The molecule has 3 rings (SSSR count). The fourth-order valence-electron chi connectivity index (χ4n) is 3.18. The van der Waals surface area contributed by atoms with Crippen LogP contribution in [0.2, 0.25) is 0 Å². The van der Waals surface area contributed by atoms with Crippen LogP contribution in [0.25, 0.3) is 0 Å². The Balaban J connectivity index is 1.60. The van der Waals surface area contributed by atoms with E-state index < -0.39 is 0 Å². The van der Waals surface area contributed by atoms with E-state index in [1.807, 2.05) is 9.80 Å². The van der Waals surface area contributed by atoms with Gasteiger partial charge in [-0.05, 0) is 25.2 Å². The third-order valence-electron chi connectivity index (χ3n) is 4.24. The van der Waals surface area contributed by atoms with Crippen LogP contribution in [0.5, 0.6) is 0 Å². The monoisotopic (exact) mass is 288 g/mol. The molecule has 2 fully saturated rings. The van der Waals surface area contributed by atoms with Crippen LogP contribution in [-0.4, -0.2) is 57.8 Å². The van der Waals surface area contributed by atoms with Gasteiger partial charge in [-0.25, -0.2) is 4.98 Å². The number of hydrogen-bond acceptors (Lipinski definition) is 4. The minimum absolute atomic E-state index is 0.0550. The Morgan fingerprint density at radius 3 is 2.90 bits per heavy atom. The Labute approximate surface area is 124 Å². The zero-order valence-electron chi connectivity index (χ0n) is 12.1. The molecular formula is C15H20N4O2. The Morgan fingerprint density at radius 1 is 1.29 bits per heavy atom. The SMILES string of the molecule is O=C1CCCN1C[C@@H]1CCCN(C(=O)c2cnccn2)C1. The number of aromatic nitrogens is 2. The van der Waals surface area contributed by atoms with Crippen LogP contribution in [0, 0.1) is 5.92 Å². The molecule has 0 aliphatic carbocycles. The summed E-state index contributed by atoms with van der Waals surface area (Å²) in [6.45, 7) is 3.12. The second kappa shape index (κ2) is 6.20. The van der Waals surface area contributed by atoms with E-state index in [-0.39, 0.29) is 11.8 Å². The summed E-state index contributed by atoms with van der Waals surface area (Å²) in [4.78, 5) is 35.9. The summed E-state index contributed by atoms with van der Waals surface area (Å²) in [5.41, 5.74) is 0.399. The largest absolute Gasteiger partial charge is 0.342 e. The van der Waals surface area contributed by atoms with Gasteiger partial charge in [0.05, 0.1) is 6.20 Å². The highest BCUT2D eigenvalue weighted by Crippen LogP contribution is 2.21. The molecule has 0 N–H and O–H groups in total. The maximum absolute atomic E-state index is 12.4. The van der Waals surface area contributed by atoms with Crippen molar-refractivity contribution in [3.05, 3.63) is 24.3 Å². The van der Waals surface area contributed by atoms with Crippen molar-refractivity contribution in [2.75, 3.05) is 26.2 Å². The summed E-state index contributed by atoms with van der Waals surface area (Å²) in [7, 11) is 0. The van der Waals surface area contributed by atoms with Crippen LogP contribution in [0.3, 0.4) is 0 Å². The average molecular weight is 288 g/mol. The first-order chi connectivity index (χ1) is 10.2. The van der Waals surface area contributed by atoms with Crippen molar-refractivity contribution in [2.45, 2.75) is 25.7 Å². The lowest BCUT2D eigenvalue weighted by Gasteiger charge is -2.34. The lowest BCUT2D eigenvalue weighted by molar-refractivity contribution is -0.128. The van der Waals surface area contributed by atoms with E-state index in [0.29, 0.717) is 24.6 Å². The second-order valence-corrected chi connectivity index (χ2v) is 5.79. The van der Waals surface area contributed by atoms with Gasteiger partial charge in [-0.2, -0.15) is 0 Å². The van der Waals surface area contributed by atoms with Gasteiger partial charge in [0, 0.05) is 45.0 Å². The van der Waals surface area contributed by atoms with Crippen molar-refractivity contribution >= 4 is 11.8 Å². The lowest BCUT2D eigenvalue weighted by atomic mass is 9.97. The van der Waals surface area contributed by atoms with Crippen LogP contribution in [0.15, 0.2) is 18.6 Å². The van der Waals surface area contributed by atoms with Crippen LogP contribution >= 0.6 is 0 Å². The standard InChI is InChI=1S/C15H20N4O2/c20-14-4-2-7-18(14)10-12-3-1-8-19(11-12)15(21)13-9-16-5-6-17-13/h5-6,9,12H,1-4,7-8,10-11H2/t12-/m0/s1. The molecule has 1 atom stereocenters. The van der Waals surface area contributed by atoms with Crippen molar-refractivity contribution in [1.29, 1.82) is 0 Å². The lowest BCUT2D eigenvalue weighted by Crippen LogP contribution is -2.44. The molecule has 2 aliphatic rings. The first-order valence-electron chi connectivity index (χ1n) is 7.57. The molecule has 0 spiro atoms.